The van der Waals surface area contributed by atoms with E-state index in [1.807, 2.05) is 18.0 Å². The van der Waals surface area contributed by atoms with Crippen LogP contribution in [0.5, 0.6) is 0 Å². The maximum atomic E-state index is 4.64. The monoisotopic (exact) mass is 349 g/mol. The summed E-state index contributed by atoms with van der Waals surface area (Å²) >= 11 is 4.27. The SMILES string of the molecule is CCNc1nc(C2CCCCS2)ncc1I. The van der Waals surface area contributed by atoms with Gasteiger partial charge in [0, 0.05) is 12.7 Å². The molecule has 0 saturated carbocycles. The zero-order valence-electron chi connectivity index (χ0n) is 9.37. The van der Waals surface area contributed by atoms with E-state index >= 15 is 0 Å². The predicted octanol–water partition coefficient (Wildman–Crippen LogP) is 3.47. The number of rotatable bonds is 3. The Morgan fingerprint density at radius 3 is 3.12 bits per heavy atom. The van der Waals surface area contributed by atoms with Crippen molar-refractivity contribution in [3.05, 3.63) is 15.6 Å². The molecular formula is C11H16IN3S. The Balaban J connectivity index is 2.17. The van der Waals surface area contributed by atoms with E-state index in [-0.39, 0.29) is 0 Å². The molecular weight excluding hydrogens is 333 g/mol. The summed E-state index contributed by atoms with van der Waals surface area (Å²) in [4.78, 5) is 9.10. The highest BCUT2D eigenvalue weighted by Gasteiger charge is 2.19. The van der Waals surface area contributed by atoms with E-state index < -0.39 is 0 Å². The molecule has 1 fully saturated rings. The van der Waals surface area contributed by atoms with Crippen LogP contribution in [0.1, 0.15) is 37.3 Å². The van der Waals surface area contributed by atoms with Gasteiger partial charge in [-0.15, -0.1) is 0 Å². The fourth-order valence-corrected chi connectivity index (χ4v) is 3.47. The van der Waals surface area contributed by atoms with Crippen molar-refractivity contribution in [1.82, 2.24) is 9.97 Å². The normalized spacial score (nSPS) is 20.8. The molecule has 0 spiro atoms. The van der Waals surface area contributed by atoms with Gasteiger partial charge in [0.05, 0.1) is 8.82 Å². The lowest BCUT2D eigenvalue weighted by atomic mass is 10.2. The topological polar surface area (TPSA) is 37.8 Å². The zero-order valence-corrected chi connectivity index (χ0v) is 12.3. The zero-order chi connectivity index (χ0) is 11.4. The van der Waals surface area contributed by atoms with E-state index in [1.165, 1.54) is 25.0 Å². The van der Waals surface area contributed by atoms with Crippen LogP contribution in [0.2, 0.25) is 0 Å². The summed E-state index contributed by atoms with van der Waals surface area (Å²) < 4.78 is 1.10. The number of nitrogens with one attached hydrogen (secondary N) is 1. The fourth-order valence-electron chi connectivity index (χ4n) is 1.77. The Morgan fingerprint density at radius 1 is 1.56 bits per heavy atom. The summed E-state index contributed by atoms with van der Waals surface area (Å²) in [5, 5.41) is 3.79. The first-order valence-corrected chi connectivity index (χ1v) is 7.82. The third-order valence-electron chi connectivity index (χ3n) is 2.57. The van der Waals surface area contributed by atoms with Crippen molar-refractivity contribution < 1.29 is 0 Å². The molecule has 88 valence electrons. The molecule has 3 nitrogen and oxygen atoms in total. The molecule has 0 radical (unpaired) electrons. The molecule has 5 heteroatoms. The average molecular weight is 349 g/mol. The second-order valence-electron chi connectivity index (χ2n) is 3.81. The Labute approximate surface area is 114 Å². The van der Waals surface area contributed by atoms with Crippen LogP contribution in [0.4, 0.5) is 5.82 Å². The summed E-state index contributed by atoms with van der Waals surface area (Å²) in [5.41, 5.74) is 0. The highest BCUT2D eigenvalue weighted by molar-refractivity contribution is 14.1. The van der Waals surface area contributed by atoms with Gasteiger partial charge in [-0.2, -0.15) is 11.8 Å². The fraction of sp³-hybridized carbons (Fsp3) is 0.636. The van der Waals surface area contributed by atoms with Gasteiger partial charge in [-0.25, -0.2) is 9.97 Å². The van der Waals surface area contributed by atoms with Crippen molar-refractivity contribution in [3.8, 4) is 0 Å². The van der Waals surface area contributed by atoms with Crippen LogP contribution in [0.15, 0.2) is 6.20 Å². The van der Waals surface area contributed by atoms with Crippen LogP contribution in [0, 0.1) is 3.57 Å². The van der Waals surface area contributed by atoms with Crippen molar-refractivity contribution >= 4 is 40.2 Å². The van der Waals surface area contributed by atoms with Crippen LogP contribution < -0.4 is 5.32 Å². The van der Waals surface area contributed by atoms with Crippen LogP contribution in [-0.2, 0) is 0 Å². The number of nitrogens with zero attached hydrogens (tertiary/aromatic N) is 2. The quantitative estimate of drug-likeness (QED) is 0.848. The molecule has 0 bridgehead atoms. The summed E-state index contributed by atoms with van der Waals surface area (Å²) in [6.45, 7) is 3.00. The third-order valence-corrected chi connectivity index (χ3v) is 4.74. The molecule has 1 N–H and O–H groups in total. The smallest absolute Gasteiger partial charge is 0.143 e. The van der Waals surface area contributed by atoms with Gasteiger partial charge in [-0.05, 0) is 48.1 Å². The predicted molar refractivity (Wildman–Crippen MR) is 78.0 cm³/mol. The van der Waals surface area contributed by atoms with Crippen LogP contribution in [-0.4, -0.2) is 22.3 Å². The minimum Gasteiger partial charge on any atom is -0.369 e. The maximum absolute atomic E-state index is 4.64. The van der Waals surface area contributed by atoms with E-state index in [2.05, 4.69) is 44.8 Å². The largest absolute Gasteiger partial charge is 0.369 e. The first kappa shape index (κ1) is 12.4. The van der Waals surface area contributed by atoms with Gasteiger partial charge in [0.15, 0.2) is 0 Å². The van der Waals surface area contributed by atoms with E-state index in [0.29, 0.717) is 5.25 Å². The van der Waals surface area contributed by atoms with Gasteiger partial charge in [0.25, 0.3) is 0 Å². The number of anilines is 1. The highest BCUT2D eigenvalue weighted by Crippen LogP contribution is 2.36. The minimum atomic E-state index is 0.503. The van der Waals surface area contributed by atoms with E-state index in [9.17, 15) is 0 Å². The average Bonchev–Trinajstić information content (AvgIpc) is 2.33. The van der Waals surface area contributed by atoms with Gasteiger partial charge < -0.3 is 5.32 Å². The van der Waals surface area contributed by atoms with Crippen molar-refractivity contribution in [2.24, 2.45) is 0 Å². The molecule has 1 aliphatic rings. The van der Waals surface area contributed by atoms with Crippen molar-refractivity contribution in [3.63, 3.8) is 0 Å². The van der Waals surface area contributed by atoms with Crippen molar-refractivity contribution in [2.75, 3.05) is 17.6 Å². The molecule has 1 aromatic heterocycles. The summed E-state index contributed by atoms with van der Waals surface area (Å²) in [5.74, 6) is 3.23. The second kappa shape index (κ2) is 6.05. The van der Waals surface area contributed by atoms with Gasteiger partial charge in [0.1, 0.15) is 11.6 Å². The second-order valence-corrected chi connectivity index (χ2v) is 6.28. The van der Waals surface area contributed by atoms with Gasteiger partial charge in [-0.3, -0.25) is 0 Å². The highest BCUT2D eigenvalue weighted by atomic mass is 127. The number of hydrogen-bond donors (Lipinski definition) is 1. The molecule has 16 heavy (non-hydrogen) atoms. The molecule has 0 aromatic carbocycles. The number of aromatic nitrogens is 2. The summed E-state index contributed by atoms with van der Waals surface area (Å²) in [7, 11) is 0. The molecule has 0 amide bonds. The standard InChI is InChI=1S/C11H16IN3S/c1-2-13-10-8(12)7-14-11(15-10)9-5-3-4-6-16-9/h7,9H,2-6H2,1H3,(H,13,14,15). The first-order valence-electron chi connectivity index (χ1n) is 5.69. The van der Waals surface area contributed by atoms with Crippen molar-refractivity contribution in [1.29, 1.82) is 0 Å². The van der Waals surface area contributed by atoms with E-state index in [0.717, 1.165) is 21.8 Å². The molecule has 1 atom stereocenters. The van der Waals surface area contributed by atoms with E-state index in [4.69, 9.17) is 0 Å². The van der Waals surface area contributed by atoms with Crippen LogP contribution >= 0.6 is 34.4 Å². The van der Waals surface area contributed by atoms with Crippen LogP contribution in [0.25, 0.3) is 0 Å². The first-order chi connectivity index (χ1) is 7.81. The Kier molecular flexibility index (Phi) is 4.69. The van der Waals surface area contributed by atoms with Gasteiger partial charge >= 0.3 is 0 Å². The minimum absolute atomic E-state index is 0.503. The van der Waals surface area contributed by atoms with Crippen molar-refractivity contribution in [2.45, 2.75) is 31.4 Å². The third kappa shape index (κ3) is 3.00. The Hall–Kier alpha value is -0.0400. The Bertz CT molecular complexity index is 353. The summed E-state index contributed by atoms with van der Waals surface area (Å²) in [6.07, 6.45) is 5.79. The molecule has 0 aliphatic carbocycles. The summed E-state index contributed by atoms with van der Waals surface area (Å²) in [6, 6.07) is 0. The maximum Gasteiger partial charge on any atom is 0.143 e. The lowest BCUT2D eigenvalue weighted by Gasteiger charge is -2.20. The molecule has 1 saturated heterocycles. The number of halogens is 1. The Morgan fingerprint density at radius 2 is 2.44 bits per heavy atom. The number of thioether (sulfide) groups is 1. The van der Waals surface area contributed by atoms with E-state index in [1.54, 1.807) is 0 Å². The lowest BCUT2D eigenvalue weighted by Crippen LogP contribution is -2.10. The lowest BCUT2D eigenvalue weighted by molar-refractivity contribution is 0.662. The molecule has 2 heterocycles. The molecule has 1 aromatic rings. The molecule has 1 unspecified atom stereocenters. The molecule has 2 rings (SSSR count). The number of hydrogen-bond acceptors (Lipinski definition) is 4. The van der Waals surface area contributed by atoms with Gasteiger partial charge in [-0.1, -0.05) is 6.42 Å². The van der Waals surface area contributed by atoms with Gasteiger partial charge in [0.2, 0.25) is 0 Å². The molecule has 1 aliphatic heterocycles. The van der Waals surface area contributed by atoms with Crippen LogP contribution in [0.3, 0.4) is 0 Å².